The number of nitrogens with zero attached hydrogens (tertiary/aromatic N) is 2. The number of hydrogen-bond donors (Lipinski definition) is 1. The molecule has 3 rings (SSSR count). The second-order valence-corrected chi connectivity index (χ2v) is 7.77. The standard InChI is InChI=1S/C21H26ClN3O3/c1-2-19(26)24-12-8-15(9-13-24)20(27)23-18-14-16(22)6-7-17(18)21(28)25-10-4-3-5-11-25/h2,6-7,14-15H,1,3-5,8-13H2,(H,23,27). The summed E-state index contributed by atoms with van der Waals surface area (Å²) in [6.45, 7) is 6.03. The van der Waals surface area contributed by atoms with E-state index in [4.69, 9.17) is 11.6 Å². The van der Waals surface area contributed by atoms with E-state index in [-0.39, 0.29) is 23.6 Å². The Morgan fingerprint density at radius 1 is 1.04 bits per heavy atom. The molecule has 0 aromatic heterocycles. The van der Waals surface area contributed by atoms with Crippen LogP contribution in [0.15, 0.2) is 30.9 Å². The van der Waals surface area contributed by atoms with Crippen molar-refractivity contribution < 1.29 is 14.4 Å². The molecule has 0 atom stereocenters. The SMILES string of the molecule is C=CC(=O)N1CCC(C(=O)Nc2cc(Cl)ccc2C(=O)N2CCCCC2)CC1. The highest BCUT2D eigenvalue weighted by molar-refractivity contribution is 6.31. The van der Waals surface area contributed by atoms with Crippen LogP contribution in [0.2, 0.25) is 5.02 Å². The number of piperidine rings is 2. The third-order valence-electron chi connectivity index (χ3n) is 5.47. The number of anilines is 1. The van der Waals surface area contributed by atoms with Crippen molar-refractivity contribution in [2.75, 3.05) is 31.5 Å². The van der Waals surface area contributed by atoms with Gasteiger partial charge in [0.1, 0.15) is 0 Å². The van der Waals surface area contributed by atoms with E-state index in [1.807, 2.05) is 4.90 Å². The van der Waals surface area contributed by atoms with Gasteiger partial charge in [0.25, 0.3) is 5.91 Å². The van der Waals surface area contributed by atoms with Crippen LogP contribution in [0.1, 0.15) is 42.5 Å². The summed E-state index contributed by atoms with van der Waals surface area (Å²) in [6, 6.07) is 4.99. The molecule has 2 saturated heterocycles. The van der Waals surface area contributed by atoms with Crippen LogP contribution in [-0.2, 0) is 9.59 Å². The van der Waals surface area contributed by atoms with Gasteiger partial charge in [0.05, 0.1) is 11.3 Å². The predicted octanol–water partition coefficient (Wildman–Crippen LogP) is 3.33. The Balaban J connectivity index is 1.69. The Morgan fingerprint density at radius 3 is 2.36 bits per heavy atom. The molecule has 2 aliphatic heterocycles. The number of halogens is 1. The van der Waals surface area contributed by atoms with Crippen molar-refractivity contribution in [3.8, 4) is 0 Å². The molecule has 28 heavy (non-hydrogen) atoms. The molecule has 2 aliphatic rings. The molecule has 1 aromatic rings. The molecule has 2 fully saturated rings. The minimum Gasteiger partial charge on any atom is -0.339 e. The lowest BCUT2D eigenvalue weighted by Gasteiger charge is -2.31. The van der Waals surface area contributed by atoms with E-state index >= 15 is 0 Å². The normalized spacial score (nSPS) is 17.9. The van der Waals surface area contributed by atoms with Crippen LogP contribution in [0.4, 0.5) is 5.69 Å². The van der Waals surface area contributed by atoms with Gasteiger partial charge in [0.2, 0.25) is 11.8 Å². The maximum Gasteiger partial charge on any atom is 0.255 e. The minimum atomic E-state index is -0.203. The van der Waals surface area contributed by atoms with Crippen molar-refractivity contribution >= 4 is 35.0 Å². The van der Waals surface area contributed by atoms with E-state index in [0.29, 0.717) is 42.2 Å². The van der Waals surface area contributed by atoms with E-state index in [2.05, 4.69) is 11.9 Å². The first-order chi connectivity index (χ1) is 13.5. The molecule has 6 nitrogen and oxygen atoms in total. The van der Waals surface area contributed by atoms with Gasteiger partial charge in [0, 0.05) is 37.1 Å². The lowest BCUT2D eigenvalue weighted by Crippen LogP contribution is -2.41. The largest absolute Gasteiger partial charge is 0.339 e. The van der Waals surface area contributed by atoms with Crippen molar-refractivity contribution in [1.29, 1.82) is 0 Å². The van der Waals surface area contributed by atoms with Gasteiger partial charge in [-0.25, -0.2) is 0 Å². The number of hydrogen-bond acceptors (Lipinski definition) is 3. The summed E-state index contributed by atoms with van der Waals surface area (Å²) in [4.78, 5) is 40.9. The highest BCUT2D eigenvalue weighted by Gasteiger charge is 2.28. The third-order valence-corrected chi connectivity index (χ3v) is 5.70. The van der Waals surface area contributed by atoms with Crippen molar-refractivity contribution in [3.05, 3.63) is 41.4 Å². The molecule has 0 saturated carbocycles. The van der Waals surface area contributed by atoms with E-state index in [1.165, 1.54) is 6.08 Å². The summed E-state index contributed by atoms with van der Waals surface area (Å²) in [5.41, 5.74) is 0.927. The van der Waals surface area contributed by atoms with Crippen LogP contribution in [0.5, 0.6) is 0 Å². The number of carbonyl (C=O) groups is 3. The zero-order valence-corrected chi connectivity index (χ0v) is 16.7. The van der Waals surface area contributed by atoms with Crippen LogP contribution in [-0.4, -0.2) is 53.7 Å². The Labute approximate surface area is 170 Å². The molecule has 1 aromatic carbocycles. The van der Waals surface area contributed by atoms with Crippen LogP contribution in [0.25, 0.3) is 0 Å². The minimum absolute atomic E-state index is 0.0712. The fourth-order valence-corrected chi connectivity index (χ4v) is 3.97. The van der Waals surface area contributed by atoms with Crippen LogP contribution < -0.4 is 5.32 Å². The molecule has 7 heteroatoms. The first-order valence-corrected chi connectivity index (χ1v) is 10.2. The van der Waals surface area contributed by atoms with Gasteiger partial charge in [0.15, 0.2) is 0 Å². The molecule has 0 bridgehead atoms. The predicted molar refractivity (Wildman–Crippen MR) is 109 cm³/mol. The molecule has 2 heterocycles. The lowest BCUT2D eigenvalue weighted by molar-refractivity contribution is -0.130. The van der Waals surface area contributed by atoms with Crippen molar-refractivity contribution in [3.63, 3.8) is 0 Å². The van der Waals surface area contributed by atoms with Crippen LogP contribution in [0, 0.1) is 5.92 Å². The van der Waals surface area contributed by atoms with Crippen molar-refractivity contribution in [1.82, 2.24) is 9.80 Å². The summed E-state index contributed by atoms with van der Waals surface area (Å²) >= 11 is 6.12. The number of amides is 3. The van der Waals surface area contributed by atoms with E-state index < -0.39 is 0 Å². The van der Waals surface area contributed by atoms with Gasteiger partial charge in [-0.3, -0.25) is 14.4 Å². The van der Waals surface area contributed by atoms with E-state index in [1.54, 1.807) is 23.1 Å². The topological polar surface area (TPSA) is 69.7 Å². The summed E-state index contributed by atoms with van der Waals surface area (Å²) < 4.78 is 0. The lowest BCUT2D eigenvalue weighted by atomic mass is 9.95. The molecular formula is C21H26ClN3O3. The molecule has 0 radical (unpaired) electrons. The van der Waals surface area contributed by atoms with Crippen molar-refractivity contribution in [2.24, 2.45) is 5.92 Å². The van der Waals surface area contributed by atoms with Crippen LogP contribution >= 0.6 is 11.6 Å². The van der Waals surface area contributed by atoms with Gasteiger partial charge in [-0.1, -0.05) is 18.2 Å². The second-order valence-electron chi connectivity index (χ2n) is 7.34. The maximum absolute atomic E-state index is 12.9. The highest BCUT2D eigenvalue weighted by atomic mass is 35.5. The number of carbonyl (C=O) groups excluding carboxylic acids is 3. The Hall–Kier alpha value is -2.34. The Bertz CT molecular complexity index is 766. The van der Waals surface area contributed by atoms with E-state index in [9.17, 15) is 14.4 Å². The second kappa shape index (κ2) is 9.24. The molecule has 0 spiro atoms. The number of benzene rings is 1. The summed E-state index contributed by atoms with van der Waals surface area (Å²) in [5.74, 6) is -0.521. The number of likely N-dealkylation sites (tertiary alicyclic amines) is 2. The molecule has 0 aliphatic carbocycles. The quantitative estimate of drug-likeness (QED) is 0.784. The average Bonchev–Trinajstić information content (AvgIpc) is 2.73. The van der Waals surface area contributed by atoms with Gasteiger partial charge in [-0.15, -0.1) is 0 Å². The van der Waals surface area contributed by atoms with Gasteiger partial charge in [-0.05, 0) is 56.4 Å². The smallest absolute Gasteiger partial charge is 0.255 e. The van der Waals surface area contributed by atoms with Crippen molar-refractivity contribution in [2.45, 2.75) is 32.1 Å². The first kappa shape index (κ1) is 20.4. The fraction of sp³-hybridized carbons (Fsp3) is 0.476. The Morgan fingerprint density at radius 2 is 1.71 bits per heavy atom. The third kappa shape index (κ3) is 4.73. The first-order valence-electron chi connectivity index (χ1n) is 9.80. The zero-order chi connectivity index (χ0) is 20.1. The van der Waals surface area contributed by atoms with Gasteiger partial charge < -0.3 is 15.1 Å². The number of rotatable bonds is 4. The average molecular weight is 404 g/mol. The van der Waals surface area contributed by atoms with E-state index in [0.717, 1.165) is 32.4 Å². The highest BCUT2D eigenvalue weighted by Crippen LogP contribution is 2.26. The zero-order valence-electron chi connectivity index (χ0n) is 16.0. The maximum atomic E-state index is 12.9. The van der Waals surface area contributed by atoms with Gasteiger partial charge >= 0.3 is 0 Å². The molecule has 1 N–H and O–H groups in total. The van der Waals surface area contributed by atoms with Gasteiger partial charge in [-0.2, -0.15) is 0 Å². The molecule has 3 amide bonds. The fourth-order valence-electron chi connectivity index (χ4n) is 3.80. The summed E-state index contributed by atoms with van der Waals surface area (Å²) in [7, 11) is 0. The van der Waals surface area contributed by atoms with Crippen LogP contribution in [0.3, 0.4) is 0 Å². The molecule has 0 unspecified atom stereocenters. The molecule has 150 valence electrons. The monoisotopic (exact) mass is 403 g/mol. The number of nitrogens with one attached hydrogen (secondary N) is 1. The molecular weight excluding hydrogens is 378 g/mol. The Kier molecular flexibility index (Phi) is 6.73. The summed E-state index contributed by atoms with van der Waals surface area (Å²) in [5, 5.41) is 3.37. The summed E-state index contributed by atoms with van der Waals surface area (Å²) in [6.07, 6.45) is 5.61.